The van der Waals surface area contributed by atoms with E-state index in [4.69, 9.17) is 4.74 Å². The number of anilines is 1. The standard InChI is InChI=1S/C17H19N5O2/c1-4-18-17-19-9-14-15(21-17)22(16(23)11(2)20-14)10-12-6-5-7-13(8-12)24-3/h5-9H,4,10H2,1-3H3,(H,18,19,21). The predicted molar refractivity (Wildman–Crippen MR) is 92.6 cm³/mol. The van der Waals surface area contributed by atoms with Crippen molar-refractivity contribution in [2.24, 2.45) is 0 Å². The molecule has 0 atom stereocenters. The molecule has 0 unspecified atom stereocenters. The summed E-state index contributed by atoms with van der Waals surface area (Å²) in [5, 5.41) is 3.06. The molecule has 2 aromatic heterocycles. The number of aryl methyl sites for hydroxylation is 1. The summed E-state index contributed by atoms with van der Waals surface area (Å²) in [6, 6.07) is 7.62. The highest BCUT2D eigenvalue weighted by atomic mass is 16.5. The molecule has 0 bridgehead atoms. The first-order chi connectivity index (χ1) is 11.6. The van der Waals surface area contributed by atoms with Crippen LogP contribution in [0.4, 0.5) is 5.95 Å². The molecule has 0 radical (unpaired) electrons. The summed E-state index contributed by atoms with van der Waals surface area (Å²) in [5.41, 5.74) is 2.32. The number of hydrogen-bond donors (Lipinski definition) is 1. The normalized spacial score (nSPS) is 10.8. The smallest absolute Gasteiger partial charge is 0.273 e. The molecule has 0 aliphatic heterocycles. The zero-order valence-electron chi connectivity index (χ0n) is 13.9. The number of benzene rings is 1. The average molecular weight is 325 g/mol. The lowest BCUT2D eigenvalue weighted by Gasteiger charge is -2.12. The molecule has 2 heterocycles. The molecule has 0 fully saturated rings. The third kappa shape index (κ3) is 3.05. The fourth-order valence-corrected chi connectivity index (χ4v) is 2.51. The molecule has 0 spiro atoms. The Bertz CT molecular complexity index is 936. The zero-order chi connectivity index (χ0) is 17.1. The van der Waals surface area contributed by atoms with Crippen molar-refractivity contribution < 1.29 is 4.74 Å². The van der Waals surface area contributed by atoms with E-state index in [1.165, 1.54) is 0 Å². The van der Waals surface area contributed by atoms with Crippen LogP contribution in [0.2, 0.25) is 0 Å². The molecular formula is C17H19N5O2. The van der Waals surface area contributed by atoms with Crippen molar-refractivity contribution in [2.45, 2.75) is 20.4 Å². The lowest BCUT2D eigenvalue weighted by molar-refractivity contribution is 0.414. The van der Waals surface area contributed by atoms with Gasteiger partial charge >= 0.3 is 0 Å². The number of nitrogens with one attached hydrogen (secondary N) is 1. The van der Waals surface area contributed by atoms with Gasteiger partial charge < -0.3 is 10.1 Å². The van der Waals surface area contributed by atoms with Crippen molar-refractivity contribution in [3.63, 3.8) is 0 Å². The minimum Gasteiger partial charge on any atom is -0.497 e. The SMILES string of the molecule is CCNc1ncc2nc(C)c(=O)n(Cc3cccc(OC)c3)c2n1. The fourth-order valence-electron chi connectivity index (χ4n) is 2.51. The Morgan fingerprint density at radius 3 is 2.88 bits per heavy atom. The second kappa shape index (κ2) is 6.66. The van der Waals surface area contributed by atoms with E-state index < -0.39 is 0 Å². The van der Waals surface area contributed by atoms with Crippen molar-refractivity contribution in [1.82, 2.24) is 19.5 Å². The number of rotatable bonds is 5. The molecule has 3 rings (SSSR count). The number of nitrogens with zero attached hydrogens (tertiary/aromatic N) is 4. The van der Waals surface area contributed by atoms with Crippen molar-refractivity contribution in [2.75, 3.05) is 19.0 Å². The van der Waals surface area contributed by atoms with Crippen LogP contribution in [0.1, 0.15) is 18.2 Å². The Kier molecular flexibility index (Phi) is 4.41. The van der Waals surface area contributed by atoms with Gasteiger partial charge in [-0.3, -0.25) is 9.36 Å². The number of fused-ring (bicyclic) bond motifs is 1. The predicted octanol–water partition coefficient (Wildman–Crippen LogP) is 1.98. The summed E-state index contributed by atoms with van der Waals surface area (Å²) in [4.78, 5) is 25.6. The van der Waals surface area contributed by atoms with E-state index in [1.54, 1.807) is 24.8 Å². The van der Waals surface area contributed by atoms with Crippen LogP contribution in [0, 0.1) is 6.92 Å². The summed E-state index contributed by atoms with van der Waals surface area (Å²) < 4.78 is 6.87. The summed E-state index contributed by atoms with van der Waals surface area (Å²) in [5.74, 6) is 1.23. The van der Waals surface area contributed by atoms with E-state index in [1.807, 2.05) is 31.2 Å². The van der Waals surface area contributed by atoms with Crippen LogP contribution >= 0.6 is 0 Å². The van der Waals surface area contributed by atoms with Gasteiger partial charge in [-0.1, -0.05) is 12.1 Å². The van der Waals surface area contributed by atoms with E-state index in [-0.39, 0.29) is 5.56 Å². The van der Waals surface area contributed by atoms with E-state index in [0.29, 0.717) is 35.9 Å². The monoisotopic (exact) mass is 325 g/mol. The Hall–Kier alpha value is -2.96. The van der Waals surface area contributed by atoms with Crippen LogP contribution in [-0.2, 0) is 6.54 Å². The molecule has 0 aliphatic rings. The van der Waals surface area contributed by atoms with Crippen LogP contribution in [0.3, 0.4) is 0 Å². The quantitative estimate of drug-likeness (QED) is 0.772. The van der Waals surface area contributed by atoms with E-state index in [0.717, 1.165) is 11.3 Å². The highest BCUT2D eigenvalue weighted by molar-refractivity contribution is 5.70. The third-order valence-electron chi connectivity index (χ3n) is 3.66. The first kappa shape index (κ1) is 15.9. The van der Waals surface area contributed by atoms with E-state index in [2.05, 4.69) is 20.3 Å². The number of hydrogen-bond acceptors (Lipinski definition) is 6. The fraction of sp³-hybridized carbons (Fsp3) is 0.294. The maximum atomic E-state index is 12.6. The maximum absolute atomic E-state index is 12.6. The van der Waals surface area contributed by atoms with Gasteiger partial charge in [-0.2, -0.15) is 4.98 Å². The molecule has 124 valence electrons. The van der Waals surface area contributed by atoms with E-state index in [9.17, 15) is 4.79 Å². The first-order valence-corrected chi connectivity index (χ1v) is 7.73. The van der Waals surface area contributed by atoms with E-state index >= 15 is 0 Å². The molecule has 7 heteroatoms. The number of aromatic nitrogens is 4. The van der Waals surface area contributed by atoms with Gasteiger partial charge in [-0.15, -0.1) is 0 Å². The Morgan fingerprint density at radius 1 is 1.29 bits per heavy atom. The van der Waals surface area contributed by atoms with Crippen LogP contribution < -0.4 is 15.6 Å². The summed E-state index contributed by atoms with van der Waals surface area (Å²) in [7, 11) is 1.62. The van der Waals surface area contributed by atoms with Crippen molar-refractivity contribution in [1.29, 1.82) is 0 Å². The lowest BCUT2D eigenvalue weighted by Crippen LogP contribution is -2.25. The molecule has 24 heavy (non-hydrogen) atoms. The third-order valence-corrected chi connectivity index (χ3v) is 3.66. The molecule has 0 amide bonds. The van der Waals surface area contributed by atoms with Gasteiger partial charge in [0, 0.05) is 6.54 Å². The van der Waals surface area contributed by atoms with Crippen LogP contribution in [0.25, 0.3) is 11.2 Å². The molecule has 1 N–H and O–H groups in total. The van der Waals surface area contributed by atoms with Gasteiger partial charge in [-0.05, 0) is 31.5 Å². The van der Waals surface area contributed by atoms with Crippen molar-refractivity contribution >= 4 is 17.1 Å². The molecule has 0 saturated carbocycles. The number of ether oxygens (including phenoxy) is 1. The highest BCUT2D eigenvalue weighted by Gasteiger charge is 2.12. The highest BCUT2D eigenvalue weighted by Crippen LogP contribution is 2.15. The van der Waals surface area contributed by atoms with Crippen molar-refractivity contribution in [3.05, 3.63) is 52.1 Å². The van der Waals surface area contributed by atoms with Gasteiger partial charge in [-0.25, -0.2) is 9.97 Å². The van der Waals surface area contributed by atoms with Gasteiger partial charge in [0.25, 0.3) is 5.56 Å². The van der Waals surface area contributed by atoms with Gasteiger partial charge in [0.2, 0.25) is 5.95 Å². The lowest BCUT2D eigenvalue weighted by atomic mass is 10.2. The number of methoxy groups -OCH3 is 1. The Balaban J connectivity index is 2.14. The van der Waals surface area contributed by atoms with Crippen molar-refractivity contribution in [3.8, 4) is 5.75 Å². The minimum atomic E-state index is -0.161. The molecular weight excluding hydrogens is 306 g/mol. The summed E-state index contributed by atoms with van der Waals surface area (Å²) >= 11 is 0. The van der Waals surface area contributed by atoms with Crippen LogP contribution in [0.15, 0.2) is 35.3 Å². The van der Waals surface area contributed by atoms with Crippen LogP contribution in [-0.4, -0.2) is 33.2 Å². The zero-order valence-corrected chi connectivity index (χ0v) is 13.9. The first-order valence-electron chi connectivity index (χ1n) is 7.73. The molecule has 3 aromatic rings. The molecule has 0 saturated heterocycles. The summed E-state index contributed by atoms with van der Waals surface area (Å²) in [6.07, 6.45) is 1.63. The second-order valence-corrected chi connectivity index (χ2v) is 5.37. The second-order valence-electron chi connectivity index (χ2n) is 5.37. The van der Waals surface area contributed by atoms with Gasteiger partial charge in [0.15, 0.2) is 5.65 Å². The molecule has 0 aliphatic carbocycles. The van der Waals surface area contributed by atoms with Gasteiger partial charge in [0.1, 0.15) is 17.0 Å². The largest absolute Gasteiger partial charge is 0.497 e. The average Bonchev–Trinajstić information content (AvgIpc) is 2.60. The Morgan fingerprint density at radius 2 is 2.12 bits per heavy atom. The summed E-state index contributed by atoms with van der Waals surface area (Å²) in [6.45, 7) is 4.75. The Labute approximate surface area is 139 Å². The minimum absolute atomic E-state index is 0.161. The molecule has 7 nitrogen and oxygen atoms in total. The molecule has 1 aromatic carbocycles. The topological polar surface area (TPSA) is 81.9 Å². The van der Waals surface area contributed by atoms with Crippen LogP contribution in [0.5, 0.6) is 5.75 Å². The maximum Gasteiger partial charge on any atom is 0.273 e. The van der Waals surface area contributed by atoms with Gasteiger partial charge in [0.05, 0.1) is 19.9 Å².